The second kappa shape index (κ2) is 10.5. The van der Waals surface area contributed by atoms with Gasteiger partial charge in [0.15, 0.2) is 0 Å². The number of para-hydroxylation sites is 2. The van der Waals surface area contributed by atoms with Crippen molar-refractivity contribution in [1.29, 1.82) is 0 Å². The molecule has 0 aliphatic heterocycles. The Bertz CT molecular complexity index is 2830. The van der Waals surface area contributed by atoms with Crippen molar-refractivity contribution < 1.29 is 0 Å². The van der Waals surface area contributed by atoms with E-state index in [1.165, 1.54) is 72.0 Å². The van der Waals surface area contributed by atoms with Gasteiger partial charge in [-0.15, -0.1) is 0 Å². The highest BCUT2D eigenvalue weighted by Crippen LogP contribution is 2.63. The molecule has 8 aromatic carbocycles. The predicted octanol–water partition coefficient (Wildman–Crippen LogP) is 12.2. The molecule has 2 heteroatoms. The van der Waals surface area contributed by atoms with Crippen LogP contribution in [0, 0.1) is 6.92 Å². The normalized spacial score (nSPS) is 13.4. The summed E-state index contributed by atoms with van der Waals surface area (Å²) in [6.07, 6.45) is 0. The summed E-state index contributed by atoms with van der Waals surface area (Å²) >= 11 is 0. The monoisotopic (exact) mass is 648 g/mol. The summed E-state index contributed by atoms with van der Waals surface area (Å²) in [5, 5.41) is 2.44. The zero-order valence-corrected chi connectivity index (χ0v) is 28.1. The second-order valence-electron chi connectivity index (χ2n) is 14.0. The molecule has 0 radical (unpaired) electrons. The van der Waals surface area contributed by atoms with Gasteiger partial charge in [0.2, 0.25) is 0 Å². The maximum Gasteiger partial charge on any atom is 0.145 e. The van der Waals surface area contributed by atoms with E-state index in [1.54, 1.807) is 0 Å². The summed E-state index contributed by atoms with van der Waals surface area (Å²) in [6, 6.07) is 64.7. The fourth-order valence-corrected chi connectivity index (χ4v) is 9.18. The first-order valence-corrected chi connectivity index (χ1v) is 17.7. The van der Waals surface area contributed by atoms with E-state index in [-0.39, 0.29) is 5.41 Å². The standard InChI is InChI=1S/C49H32N2/c1-31-28-36(51-47-21-11-10-20-46(47)50-48(51)35-23-22-32-12-2-3-13-33(32)29-35)25-27-37(31)34-24-26-41-40-16-6-9-19-44(40)49(45(41)30-34)42-17-7-4-14-38(42)39-15-5-8-18-43(39)49/h2-30H,1H3. The van der Waals surface area contributed by atoms with E-state index in [1.807, 2.05) is 0 Å². The number of aryl methyl sites for hydroxylation is 1. The predicted molar refractivity (Wildman–Crippen MR) is 210 cm³/mol. The van der Waals surface area contributed by atoms with Gasteiger partial charge < -0.3 is 0 Å². The third-order valence-electron chi connectivity index (χ3n) is 11.3. The van der Waals surface area contributed by atoms with Crippen LogP contribution < -0.4 is 0 Å². The first-order chi connectivity index (χ1) is 25.2. The van der Waals surface area contributed by atoms with E-state index in [4.69, 9.17) is 4.98 Å². The van der Waals surface area contributed by atoms with Crippen LogP contribution in [-0.2, 0) is 5.41 Å². The van der Waals surface area contributed by atoms with Crippen molar-refractivity contribution in [3.63, 3.8) is 0 Å². The van der Waals surface area contributed by atoms with Crippen LogP contribution in [0.5, 0.6) is 0 Å². The van der Waals surface area contributed by atoms with Crippen molar-refractivity contribution in [1.82, 2.24) is 9.55 Å². The third-order valence-corrected chi connectivity index (χ3v) is 11.3. The van der Waals surface area contributed by atoms with Gasteiger partial charge in [0.1, 0.15) is 5.82 Å². The molecule has 2 nitrogen and oxygen atoms in total. The molecule has 0 bridgehead atoms. The topological polar surface area (TPSA) is 17.8 Å². The van der Waals surface area contributed by atoms with Crippen LogP contribution in [0.3, 0.4) is 0 Å². The molecule has 0 amide bonds. The number of aromatic nitrogens is 2. The number of nitrogens with zero attached hydrogens (tertiary/aromatic N) is 2. The molecule has 0 unspecified atom stereocenters. The van der Waals surface area contributed by atoms with Gasteiger partial charge in [-0.25, -0.2) is 4.98 Å². The van der Waals surface area contributed by atoms with Gasteiger partial charge in [-0.3, -0.25) is 4.57 Å². The minimum Gasteiger partial charge on any atom is -0.292 e. The molecule has 1 heterocycles. The lowest BCUT2D eigenvalue weighted by molar-refractivity contribution is 0.794. The fraction of sp³-hybridized carbons (Fsp3) is 0.0408. The van der Waals surface area contributed by atoms with Gasteiger partial charge in [-0.2, -0.15) is 0 Å². The maximum atomic E-state index is 5.18. The summed E-state index contributed by atoms with van der Waals surface area (Å²) in [5.41, 5.74) is 18.4. The average molecular weight is 649 g/mol. The molecule has 238 valence electrons. The van der Waals surface area contributed by atoms with Crippen molar-refractivity contribution in [2.24, 2.45) is 0 Å². The van der Waals surface area contributed by atoms with Crippen LogP contribution in [-0.4, -0.2) is 9.55 Å². The highest BCUT2D eigenvalue weighted by molar-refractivity contribution is 5.96. The Morgan fingerprint density at radius 3 is 1.71 bits per heavy atom. The summed E-state index contributed by atoms with van der Waals surface area (Å²) in [7, 11) is 0. The molecule has 0 N–H and O–H groups in total. The quantitative estimate of drug-likeness (QED) is 0.186. The number of rotatable bonds is 3. The van der Waals surface area contributed by atoms with E-state index < -0.39 is 0 Å². The lowest BCUT2D eigenvalue weighted by atomic mass is 9.70. The lowest BCUT2D eigenvalue weighted by Gasteiger charge is -2.30. The summed E-state index contributed by atoms with van der Waals surface area (Å²) in [4.78, 5) is 5.18. The van der Waals surface area contributed by atoms with Crippen LogP contribution in [0.25, 0.3) is 72.3 Å². The first-order valence-electron chi connectivity index (χ1n) is 17.7. The number of hydrogen-bond donors (Lipinski definition) is 0. The number of imidazole rings is 1. The zero-order valence-electron chi connectivity index (χ0n) is 28.1. The van der Waals surface area contributed by atoms with Gasteiger partial charge in [-0.1, -0.05) is 140 Å². The van der Waals surface area contributed by atoms with E-state index in [0.29, 0.717) is 0 Å². The molecule has 51 heavy (non-hydrogen) atoms. The molecule has 9 aromatic rings. The molecule has 1 aromatic heterocycles. The fourth-order valence-electron chi connectivity index (χ4n) is 9.18. The summed E-state index contributed by atoms with van der Waals surface area (Å²) in [6.45, 7) is 2.24. The van der Waals surface area contributed by atoms with Crippen LogP contribution in [0.4, 0.5) is 0 Å². The van der Waals surface area contributed by atoms with E-state index in [0.717, 1.165) is 28.1 Å². The van der Waals surface area contributed by atoms with Gasteiger partial charge in [0.05, 0.1) is 16.4 Å². The van der Waals surface area contributed by atoms with Gasteiger partial charge in [0.25, 0.3) is 0 Å². The Labute approximate surface area is 296 Å². The molecule has 11 rings (SSSR count). The number of fused-ring (bicyclic) bond motifs is 12. The highest BCUT2D eigenvalue weighted by atomic mass is 15.1. The molecule has 2 aliphatic rings. The number of hydrogen-bond acceptors (Lipinski definition) is 1. The molecule has 0 fully saturated rings. The van der Waals surface area contributed by atoms with Crippen LogP contribution >= 0.6 is 0 Å². The Morgan fingerprint density at radius 1 is 0.431 bits per heavy atom. The van der Waals surface area contributed by atoms with Crippen LogP contribution in [0.15, 0.2) is 176 Å². The lowest BCUT2D eigenvalue weighted by Crippen LogP contribution is -2.25. The SMILES string of the molecule is Cc1cc(-n2c(-c3ccc4ccccc4c3)nc3ccccc32)ccc1-c1ccc2c(c1)C1(c3ccccc3-c3ccccc31)c1ccccc1-2. The van der Waals surface area contributed by atoms with Crippen LogP contribution in [0.2, 0.25) is 0 Å². The maximum absolute atomic E-state index is 5.18. The van der Waals surface area contributed by atoms with Crippen LogP contribution in [0.1, 0.15) is 27.8 Å². The Hall–Kier alpha value is -6.51. The van der Waals surface area contributed by atoms with Gasteiger partial charge in [-0.05, 0) is 115 Å². The Kier molecular flexibility index (Phi) is 5.83. The molecule has 0 saturated heterocycles. The molecule has 1 spiro atoms. The van der Waals surface area contributed by atoms with Crippen molar-refractivity contribution >= 4 is 21.8 Å². The Balaban J connectivity index is 1.09. The van der Waals surface area contributed by atoms with E-state index in [2.05, 4.69) is 187 Å². The molecular weight excluding hydrogens is 617 g/mol. The smallest absolute Gasteiger partial charge is 0.145 e. The summed E-state index contributed by atoms with van der Waals surface area (Å²) in [5.74, 6) is 0.949. The first kappa shape index (κ1) is 28.3. The molecule has 2 aliphatic carbocycles. The zero-order chi connectivity index (χ0) is 33.7. The Morgan fingerprint density at radius 2 is 1.00 bits per heavy atom. The van der Waals surface area contributed by atoms with E-state index in [9.17, 15) is 0 Å². The van der Waals surface area contributed by atoms with Gasteiger partial charge >= 0.3 is 0 Å². The van der Waals surface area contributed by atoms with E-state index >= 15 is 0 Å². The minimum atomic E-state index is -0.354. The van der Waals surface area contributed by atoms with Gasteiger partial charge in [0, 0.05) is 11.3 Å². The van der Waals surface area contributed by atoms with Crippen molar-refractivity contribution in [2.75, 3.05) is 0 Å². The third kappa shape index (κ3) is 3.85. The van der Waals surface area contributed by atoms with Crippen molar-refractivity contribution in [3.05, 3.63) is 204 Å². The summed E-state index contributed by atoms with van der Waals surface area (Å²) < 4.78 is 2.32. The second-order valence-corrected chi connectivity index (χ2v) is 14.0. The van der Waals surface area contributed by atoms with Crippen molar-refractivity contribution in [3.8, 4) is 50.5 Å². The molecule has 0 atom stereocenters. The number of benzene rings is 8. The minimum absolute atomic E-state index is 0.354. The largest absolute Gasteiger partial charge is 0.292 e. The molecule has 0 saturated carbocycles. The van der Waals surface area contributed by atoms with Crippen molar-refractivity contribution in [2.45, 2.75) is 12.3 Å². The average Bonchev–Trinajstić information content (AvgIpc) is 3.82. The highest BCUT2D eigenvalue weighted by Gasteiger charge is 2.51. The molecular formula is C49H32N2.